The van der Waals surface area contributed by atoms with Crippen LogP contribution in [0.5, 0.6) is 0 Å². The van der Waals surface area contributed by atoms with E-state index in [9.17, 15) is 0 Å². The SMILES string of the molecule is CC(C)(C)[Si](C)(C)OCC(CC#C[Si](C)(C)C)O[Si](C)(C)C(C)(C)C. The normalized spacial score (nSPS) is 15.6. The van der Waals surface area contributed by atoms with Crippen LogP contribution in [0.25, 0.3) is 0 Å². The Morgan fingerprint density at radius 2 is 1.20 bits per heavy atom. The van der Waals surface area contributed by atoms with Crippen molar-refractivity contribution in [2.24, 2.45) is 0 Å². The first kappa shape index (κ1) is 25.1. The second kappa shape index (κ2) is 8.43. The maximum Gasteiger partial charge on any atom is 0.192 e. The lowest BCUT2D eigenvalue weighted by molar-refractivity contribution is 0.111. The second-order valence-corrected chi connectivity index (χ2v) is 25.6. The number of rotatable bonds is 6. The molecule has 0 N–H and O–H groups in total. The molecule has 0 aliphatic heterocycles. The predicted molar refractivity (Wildman–Crippen MR) is 121 cm³/mol. The van der Waals surface area contributed by atoms with E-state index in [4.69, 9.17) is 8.85 Å². The van der Waals surface area contributed by atoms with Gasteiger partial charge in [-0.25, -0.2) is 0 Å². The van der Waals surface area contributed by atoms with E-state index in [1.807, 2.05) is 0 Å². The Hall–Kier alpha value is 0.131. The van der Waals surface area contributed by atoms with Crippen molar-refractivity contribution in [1.82, 2.24) is 0 Å². The van der Waals surface area contributed by atoms with Crippen LogP contribution in [0.1, 0.15) is 48.0 Å². The highest BCUT2D eigenvalue weighted by atomic mass is 28.4. The molecule has 0 saturated carbocycles. The summed E-state index contributed by atoms with van der Waals surface area (Å²) < 4.78 is 13.2. The monoisotopic (exact) mass is 400 g/mol. The van der Waals surface area contributed by atoms with Crippen molar-refractivity contribution in [3.8, 4) is 11.5 Å². The van der Waals surface area contributed by atoms with E-state index in [2.05, 4.69) is 98.8 Å². The van der Waals surface area contributed by atoms with Crippen molar-refractivity contribution in [2.75, 3.05) is 6.61 Å². The topological polar surface area (TPSA) is 18.5 Å². The molecule has 0 aromatic rings. The molecule has 0 heterocycles. The summed E-state index contributed by atoms with van der Waals surface area (Å²) >= 11 is 0. The van der Waals surface area contributed by atoms with E-state index in [-0.39, 0.29) is 16.2 Å². The summed E-state index contributed by atoms with van der Waals surface area (Å²) in [5, 5.41) is 0.424. The van der Waals surface area contributed by atoms with Gasteiger partial charge in [0.25, 0.3) is 0 Å². The summed E-state index contributed by atoms with van der Waals surface area (Å²) in [5.41, 5.74) is 3.48. The van der Waals surface area contributed by atoms with Gasteiger partial charge >= 0.3 is 0 Å². The van der Waals surface area contributed by atoms with Gasteiger partial charge < -0.3 is 8.85 Å². The van der Waals surface area contributed by atoms with E-state index in [0.29, 0.717) is 6.61 Å². The summed E-state index contributed by atoms with van der Waals surface area (Å²) in [7, 11) is -4.94. The molecule has 148 valence electrons. The van der Waals surface area contributed by atoms with Gasteiger partial charge in [0.2, 0.25) is 0 Å². The molecule has 0 aromatic carbocycles. The van der Waals surface area contributed by atoms with Crippen LogP contribution in [-0.2, 0) is 8.85 Å². The van der Waals surface area contributed by atoms with E-state index < -0.39 is 24.7 Å². The highest BCUT2D eigenvalue weighted by molar-refractivity contribution is 6.83. The van der Waals surface area contributed by atoms with Crippen molar-refractivity contribution in [2.45, 2.75) is 110 Å². The molecule has 1 unspecified atom stereocenters. The van der Waals surface area contributed by atoms with Gasteiger partial charge in [0.1, 0.15) is 8.07 Å². The van der Waals surface area contributed by atoms with Gasteiger partial charge in [0.05, 0.1) is 12.7 Å². The predicted octanol–water partition coefficient (Wildman–Crippen LogP) is 6.67. The molecule has 0 aliphatic carbocycles. The highest BCUT2D eigenvalue weighted by Crippen LogP contribution is 2.39. The Morgan fingerprint density at radius 3 is 1.56 bits per heavy atom. The molecule has 0 fully saturated rings. The lowest BCUT2D eigenvalue weighted by Crippen LogP contribution is -2.47. The first-order valence-corrected chi connectivity index (χ1v) is 18.9. The fraction of sp³-hybridized carbons (Fsp3) is 0.900. The molecule has 0 bridgehead atoms. The smallest absolute Gasteiger partial charge is 0.192 e. The zero-order valence-corrected chi connectivity index (χ0v) is 22.3. The summed E-state index contributed by atoms with van der Waals surface area (Å²) in [5.74, 6) is 3.42. The van der Waals surface area contributed by atoms with Crippen LogP contribution in [0.15, 0.2) is 0 Å². The summed E-state index contributed by atoms with van der Waals surface area (Å²) in [6.07, 6.45) is 0.865. The van der Waals surface area contributed by atoms with Gasteiger partial charge in [-0.1, -0.05) is 61.2 Å². The van der Waals surface area contributed by atoms with Gasteiger partial charge in [-0.3, -0.25) is 0 Å². The minimum absolute atomic E-state index is 0.0823. The van der Waals surface area contributed by atoms with Crippen molar-refractivity contribution >= 4 is 24.7 Å². The summed E-state index contributed by atoms with van der Waals surface area (Å²) in [4.78, 5) is 0. The molecule has 0 spiro atoms. The minimum atomic E-state index is -1.83. The van der Waals surface area contributed by atoms with Crippen molar-refractivity contribution in [3.05, 3.63) is 0 Å². The standard InChI is InChI=1S/C20H44O2Si3/c1-19(2,3)24(10,11)21-17-18(15-14-16-23(7,8)9)22-25(12,13)20(4,5)6/h18H,15,17H2,1-13H3. The lowest BCUT2D eigenvalue weighted by atomic mass is 10.2. The molecular weight excluding hydrogens is 356 g/mol. The summed E-state index contributed by atoms with van der Waals surface area (Å²) in [6.45, 7) is 30.5. The largest absolute Gasteiger partial charge is 0.414 e. The Balaban J connectivity index is 5.24. The Kier molecular flexibility index (Phi) is 8.48. The van der Waals surface area contributed by atoms with Crippen LogP contribution in [0, 0.1) is 11.5 Å². The average Bonchev–Trinajstić information content (AvgIpc) is 2.31. The van der Waals surface area contributed by atoms with Crippen molar-refractivity contribution in [1.29, 1.82) is 0 Å². The molecule has 0 saturated heterocycles. The minimum Gasteiger partial charge on any atom is -0.414 e. The Bertz CT molecular complexity index is 480. The van der Waals surface area contributed by atoms with E-state index in [1.54, 1.807) is 0 Å². The molecule has 0 amide bonds. The van der Waals surface area contributed by atoms with Crippen LogP contribution in [0.3, 0.4) is 0 Å². The van der Waals surface area contributed by atoms with Gasteiger partial charge in [0, 0.05) is 6.42 Å². The third kappa shape index (κ3) is 9.05. The van der Waals surface area contributed by atoms with Crippen LogP contribution >= 0.6 is 0 Å². The van der Waals surface area contributed by atoms with E-state index in [0.717, 1.165) is 6.42 Å². The lowest BCUT2D eigenvalue weighted by Gasteiger charge is -2.41. The van der Waals surface area contributed by atoms with Gasteiger partial charge in [-0.15, -0.1) is 11.5 Å². The molecule has 5 heteroatoms. The van der Waals surface area contributed by atoms with Crippen molar-refractivity contribution < 1.29 is 8.85 Å². The molecule has 2 nitrogen and oxygen atoms in total. The molecule has 0 aliphatic rings. The first-order chi connectivity index (χ1) is 10.8. The van der Waals surface area contributed by atoms with Gasteiger partial charge in [-0.2, -0.15) is 0 Å². The molecule has 1 atom stereocenters. The van der Waals surface area contributed by atoms with Crippen LogP contribution in [0.2, 0.25) is 55.9 Å². The highest BCUT2D eigenvalue weighted by Gasteiger charge is 2.41. The van der Waals surface area contributed by atoms with Crippen LogP contribution in [0.4, 0.5) is 0 Å². The first-order valence-electron chi connectivity index (χ1n) is 9.60. The number of hydrogen-bond acceptors (Lipinski definition) is 2. The number of hydrogen-bond donors (Lipinski definition) is 0. The van der Waals surface area contributed by atoms with Gasteiger partial charge in [0.15, 0.2) is 16.6 Å². The van der Waals surface area contributed by atoms with Crippen LogP contribution < -0.4 is 0 Å². The van der Waals surface area contributed by atoms with E-state index >= 15 is 0 Å². The second-order valence-electron chi connectivity index (χ2n) is 11.3. The maximum absolute atomic E-state index is 6.67. The third-order valence-electron chi connectivity index (χ3n) is 5.50. The zero-order chi connectivity index (χ0) is 20.3. The third-order valence-corrected chi connectivity index (χ3v) is 15.5. The maximum atomic E-state index is 6.67. The Morgan fingerprint density at radius 1 is 0.760 bits per heavy atom. The molecule has 0 rings (SSSR count). The Labute approximate surface area is 161 Å². The van der Waals surface area contributed by atoms with Gasteiger partial charge in [-0.05, 0) is 36.3 Å². The van der Waals surface area contributed by atoms with Crippen LogP contribution in [-0.4, -0.2) is 37.4 Å². The zero-order valence-electron chi connectivity index (χ0n) is 19.3. The van der Waals surface area contributed by atoms with Crippen molar-refractivity contribution in [3.63, 3.8) is 0 Å². The fourth-order valence-corrected chi connectivity index (χ4v) is 4.68. The summed E-state index contributed by atoms with van der Waals surface area (Å²) in [6, 6.07) is 0. The molecule has 0 radical (unpaired) electrons. The molecule has 0 aromatic heterocycles. The van der Waals surface area contributed by atoms with E-state index in [1.165, 1.54) is 0 Å². The quantitative estimate of drug-likeness (QED) is 0.366. The fourth-order valence-electron chi connectivity index (χ4n) is 1.68. The molecule has 25 heavy (non-hydrogen) atoms. The molecular formula is C20H44O2Si3. The average molecular weight is 401 g/mol.